The molecule has 1 saturated carbocycles. The lowest BCUT2D eigenvalue weighted by atomic mass is 10.0. The normalized spacial score (nSPS) is 22.3. The largest absolute Gasteiger partial charge is 0.383 e. The lowest BCUT2D eigenvalue weighted by molar-refractivity contribution is -0.114. The minimum atomic E-state index is -0.135. The molecule has 6 rings (SSSR count). The van der Waals surface area contributed by atoms with Crippen LogP contribution in [-0.2, 0) is 4.79 Å². The van der Waals surface area contributed by atoms with E-state index in [1.54, 1.807) is 0 Å². The average molecular weight is 475 g/mol. The van der Waals surface area contributed by atoms with Crippen molar-refractivity contribution in [3.05, 3.63) is 36.8 Å². The van der Waals surface area contributed by atoms with E-state index in [1.165, 1.54) is 24.6 Å². The molecule has 4 aromatic rings. The minimum absolute atomic E-state index is 0.135. The van der Waals surface area contributed by atoms with Crippen molar-refractivity contribution < 1.29 is 4.79 Å². The molecule has 0 bridgehead atoms. The molecule has 174 valence electrons. The van der Waals surface area contributed by atoms with Crippen LogP contribution in [0.5, 0.6) is 0 Å². The summed E-state index contributed by atoms with van der Waals surface area (Å²) in [5, 5.41) is 9.21. The van der Waals surface area contributed by atoms with Gasteiger partial charge in [0.05, 0.1) is 21.6 Å². The van der Waals surface area contributed by atoms with Gasteiger partial charge >= 0.3 is 0 Å². The summed E-state index contributed by atoms with van der Waals surface area (Å²) >= 11 is 1.44. The van der Waals surface area contributed by atoms with Gasteiger partial charge in [-0.1, -0.05) is 23.5 Å². The number of amides is 1. The van der Waals surface area contributed by atoms with E-state index in [9.17, 15) is 4.79 Å². The number of aromatic nitrogens is 5. The molecule has 1 saturated heterocycles. The number of carbonyl (C=O) groups excluding carboxylic acids is 1. The number of fused-ring (bicyclic) bond motifs is 3. The number of nitrogens with one attached hydrogen (secondary N) is 1. The highest BCUT2D eigenvalue weighted by atomic mass is 32.1. The second kappa shape index (κ2) is 8.05. The number of rotatable bonds is 4. The van der Waals surface area contributed by atoms with Crippen LogP contribution in [0, 0.1) is 11.8 Å². The number of hydrogen-bond donors (Lipinski definition) is 2. The molecule has 0 spiro atoms. The first kappa shape index (κ1) is 21.0. The summed E-state index contributed by atoms with van der Waals surface area (Å²) in [6, 6.07) is 6.30. The molecule has 1 amide bonds. The van der Waals surface area contributed by atoms with E-state index in [0.717, 1.165) is 58.4 Å². The van der Waals surface area contributed by atoms with Crippen molar-refractivity contribution >= 4 is 49.4 Å². The van der Waals surface area contributed by atoms with E-state index in [1.807, 2.05) is 12.1 Å². The van der Waals surface area contributed by atoms with Gasteiger partial charge in [-0.15, -0.1) is 0 Å². The molecule has 10 heteroatoms. The van der Waals surface area contributed by atoms with Gasteiger partial charge in [0.2, 0.25) is 5.91 Å². The third-order valence-corrected chi connectivity index (χ3v) is 7.86. The van der Waals surface area contributed by atoms with Crippen LogP contribution < -0.4 is 11.1 Å². The van der Waals surface area contributed by atoms with E-state index in [0.29, 0.717) is 28.8 Å². The van der Waals surface area contributed by atoms with Crippen LogP contribution in [0.2, 0.25) is 0 Å². The first-order valence-corrected chi connectivity index (χ1v) is 12.4. The number of nitrogen functional groups attached to an aromatic ring is 1. The van der Waals surface area contributed by atoms with Crippen LogP contribution in [0.15, 0.2) is 36.8 Å². The van der Waals surface area contributed by atoms with E-state index >= 15 is 0 Å². The molecule has 2 fully saturated rings. The van der Waals surface area contributed by atoms with Gasteiger partial charge in [0, 0.05) is 25.6 Å². The first-order valence-electron chi connectivity index (χ1n) is 11.5. The fraction of sp³-hybridized carbons (Fsp3) is 0.375. The molecule has 1 aliphatic heterocycles. The Labute approximate surface area is 200 Å². The summed E-state index contributed by atoms with van der Waals surface area (Å²) in [5.41, 5.74) is 9.70. The topological polar surface area (TPSA) is 115 Å². The number of benzene rings is 1. The van der Waals surface area contributed by atoms with E-state index in [2.05, 4.69) is 55.1 Å². The molecule has 0 radical (unpaired) electrons. The van der Waals surface area contributed by atoms with E-state index in [-0.39, 0.29) is 5.91 Å². The summed E-state index contributed by atoms with van der Waals surface area (Å²) < 4.78 is 3.06. The SMILES string of the molecule is CC=CN1CC2CC(n3nc(-c4ccc5nc(NC(C)=O)sc5c4)c4c(N)ncnc43)CC2C1. The predicted octanol–water partition coefficient (Wildman–Crippen LogP) is 4.06. The highest BCUT2D eigenvalue weighted by Gasteiger charge is 2.41. The van der Waals surface area contributed by atoms with Crippen LogP contribution >= 0.6 is 11.3 Å². The zero-order valence-corrected chi connectivity index (χ0v) is 19.9. The fourth-order valence-corrected chi connectivity index (χ4v) is 6.52. The second-order valence-electron chi connectivity index (χ2n) is 9.22. The Morgan fingerprint density at radius 1 is 1.24 bits per heavy atom. The summed E-state index contributed by atoms with van der Waals surface area (Å²) in [6.45, 7) is 5.76. The Morgan fingerprint density at radius 3 is 2.76 bits per heavy atom. The maximum Gasteiger partial charge on any atom is 0.223 e. The molecule has 4 heterocycles. The molecule has 2 aliphatic rings. The van der Waals surface area contributed by atoms with Crippen LogP contribution in [0.4, 0.5) is 10.9 Å². The molecular weight excluding hydrogens is 448 g/mol. The molecule has 2 unspecified atom stereocenters. The first-order chi connectivity index (χ1) is 16.5. The van der Waals surface area contributed by atoms with Gasteiger partial charge < -0.3 is 16.0 Å². The molecule has 1 aliphatic carbocycles. The Hall–Kier alpha value is -3.53. The maximum absolute atomic E-state index is 11.4. The van der Waals surface area contributed by atoms with Gasteiger partial charge in [0.15, 0.2) is 10.8 Å². The molecule has 9 nitrogen and oxygen atoms in total. The van der Waals surface area contributed by atoms with Crippen LogP contribution in [0.3, 0.4) is 0 Å². The van der Waals surface area contributed by atoms with Crippen molar-refractivity contribution in [2.24, 2.45) is 11.8 Å². The van der Waals surface area contributed by atoms with Crippen molar-refractivity contribution in [1.29, 1.82) is 0 Å². The molecule has 3 N–H and O–H groups in total. The lowest BCUT2D eigenvalue weighted by Crippen LogP contribution is -2.17. The molecule has 34 heavy (non-hydrogen) atoms. The Bertz CT molecular complexity index is 1430. The Kier molecular flexibility index (Phi) is 4.98. The summed E-state index contributed by atoms with van der Waals surface area (Å²) in [5.74, 6) is 1.64. The third kappa shape index (κ3) is 3.49. The Morgan fingerprint density at radius 2 is 2.03 bits per heavy atom. The van der Waals surface area contributed by atoms with Gasteiger partial charge in [-0.3, -0.25) is 4.79 Å². The molecular formula is C24H26N8OS. The Balaban J connectivity index is 1.38. The quantitative estimate of drug-likeness (QED) is 0.458. The monoisotopic (exact) mass is 474 g/mol. The number of hydrogen-bond acceptors (Lipinski definition) is 8. The van der Waals surface area contributed by atoms with Gasteiger partial charge in [0.1, 0.15) is 17.8 Å². The van der Waals surface area contributed by atoms with Crippen LogP contribution in [0.1, 0.15) is 32.7 Å². The van der Waals surface area contributed by atoms with Crippen molar-refractivity contribution in [2.45, 2.75) is 32.7 Å². The second-order valence-corrected chi connectivity index (χ2v) is 10.2. The number of nitrogens with zero attached hydrogens (tertiary/aromatic N) is 6. The summed E-state index contributed by atoms with van der Waals surface area (Å²) in [4.78, 5) is 27.2. The van der Waals surface area contributed by atoms with Crippen molar-refractivity contribution in [3.8, 4) is 11.3 Å². The van der Waals surface area contributed by atoms with Gasteiger partial charge in [-0.25, -0.2) is 19.6 Å². The predicted molar refractivity (Wildman–Crippen MR) is 134 cm³/mol. The molecule has 1 aromatic carbocycles. The average Bonchev–Trinajstić information content (AvgIpc) is 3.53. The molecule has 2 atom stereocenters. The van der Waals surface area contributed by atoms with Crippen molar-refractivity contribution in [1.82, 2.24) is 29.6 Å². The number of allylic oxidation sites excluding steroid dienone is 1. The standard InChI is InChI=1S/C24H26N8OS/c1-3-6-31-10-15-7-17(8-16(15)11-31)32-23-20(22(25)26-12-27-23)21(30-32)14-4-5-18-19(9-14)34-24(29-18)28-13(2)33/h3-6,9,12,15-17H,7-8,10-11H2,1-2H3,(H2,25,26,27)(H,28,29,33). The van der Waals surface area contributed by atoms with Crippen molar-refractivity contribution in [2.75, 3.05) is 24.1 Å². The zero-order chi connectivity index (χ0) is 23.4. The number of nitrogens with two attached hydrogens (primary N) is 1. The fourth-order valence-electron chi connectivity index (χ4n) is 5.56. The number of likely N-dealkylation sites (tertiary alicyclic amines) is 1. The van der Waals surface area contributed by atoms with Crippen LogP contribution in [0.25, 0.3) is 32.5 Å². The van der Waals surface area contributed by atoms with Crippen LogP contribution in [-0.4, -0.2) is 48.6 Å². The minimum Gasteiger partial charge on any atom is -0.383 e. The number of thiazole rings is 1. The zero-order valence-electron chi connectivity index (χ0n) is 19.1. The van der Waals surface area contributed by atoms with Gasteiger partial charge in [0.25, 0.3) is 0 Å². The van der Waals surface area contributed by atoms with Gasteiger partial charge in [-0.05, 0) is 49.9 Å². The highest BCUT2D eigenvalue weighted by Crippen LogP contribution is 2.45. The summed E-state index contributed by atoms with van der Waals surface area (Å²) in [7, 11) is 0. The van der Waals surface area contributed by atoms with E-state index < -0.39 is 0 Å². The molecule has 3 aromatic heterocycles. The smallest absolute Gasteiger partial charge is 0.223 e. The maximum atomic E-state index is 11.4. The van der Waals surface area contributed by atoms with E-state index in [4.69, 9.17) is 10.8 Å². The number of carbonyl (C=O) groups is 1. The summed E-state index contributed by atoms with van der Waals surface area (Å²) in [6.07, 6.45) is 8.02. The van der Waals surface area contributed by atoms with Crippen molar-refractivity contribution in [3.63, 3.8) is 0 Å². The lowest BCUT2D eigenvalue weighted by Gasteiger charge is -2.17. The third-order valence-electron chi connectivity index (χ3n) is 6.92. The van der Waals surface area contributed by atoms with Gasteiger partial charge in [-0.2, -0.15) is 5.10 Å². The highest BCUT2D eigenvalue weighted by molar-refractivity contribution is 7.22. The number of anilines is 2.